The number of benzene rings is 1. The molecule has 0 aliphatic heterocycles. The Morgan fingerprint density at radius 3 is 2.45 bits per heavy atom. The first-order chi connectivity index (χ1) is 9.60. The molecule has 0 saturated heterocycles. The van der Waals surface area contributed by atoms with Crippen molar-refractivity contribution in [2.45, 2.75) is 39.4 Å². The molecule has 1 heterocycles. The first kappa shape index (κ1) is 15.5. The molecule has 1 aromatic heterocycles. The minimum absolute atomic E-state index is 0.278. The molecule has 2 rings (SSSR count). The second-order valence-electron chi connectivity index (χ2n) is 5.23. The monoisotopic (exact) mass is 309 g/mol. The number of nitrogens with zero attached hydrogens (tertiary/aromatic N) is 1. The molecule has 0 bridgehead atoms. The maximum atomic E-state index is 5.83. The van der Waals surface area contributed by atoms with Gasteiger partial charge >= 0.3 is 0 Å². The van der Waals surface area contributed by atoms with Crippen LogP contribution in [0.15, 0.2) is 29.6 Å². The van der Waals surface area contributed by atoms with E-state index in [9.17, 15) is 0 Å². The van der Waals surface area contributed by atoms with Crippen LogP contribution in [0.5, 0.6) is 0 Å². The van der Waals surface area contributed by atoms with E-state index in [2.05, 4.69) is 50.0 Å². The zero-order chi connectivity index (χ0) is 14.5. The van der Waals surface area contributed by atoms with Gasteiger partial charge in [0, 0.05) is 10.9 Å². The van der Waals surface area contributed by atoms with Crippen LogP contribution in [0.4, 0.5) is 0 Å². The molecule has 4 heteroatoms. The van der Waals surface area contributed by atoms with E-state index in [4.69, 9.17) is 16.3 Å². The van der Waals surface area contributed by atoms with Crippen molar-refractivity contribution >= 4 is 22.9 Å². The predicted molar refractivity (Wildman–Crippen MR) is 86.2 cm³/mol. The summed E-state index contributed by atoms with van der Waals surface area (Å²) in [5, 5.41) is 3.02. The number of thiazole rings is 1. The molecule has 0 aliphatic carbocycles. The van der Waals surface area contributed by atoms with Crippen molar-refractivity contribution < 1.29 is 4.74 Å². The Morgan fingerprint density at radius 2 is 1.90 bits per heavy atom. The molecule has 0 aliphatic rings. The SMILES string of the molecule is CC(C)C(C)OCc1ccc(-c2nc(CCl)cs2)cc1. The van der Waals surface area contributed by atoms with Gasteiger partial charge in [0.05, 0.1) is 24.3 Å². The highest BCUT2D eigenvalue weighted by Gasteiger charge is 2.08. The van der Waals surface area contributed by atoms with Crippen molar-refractivity contribution in [3.8, 4) is 10.6 Å². The summed E-state index contributed by atoms with van der Waals surface area (Å²) >= 11 is 7.41. The Balaban J connectivity index is 1.99. The normalized spacial score (nSPS) is 12.8. The van der Waals surface area contributed by atoms with Gasteiger partial charge in [0.1, 0.15) is 5.01 Å². The molecule has 0 spiro atoms. The largest absolute Gasteiger partial charge is 0.374 e. The zero-order valence-electron chi connectivity index (χ0n) is 12.1. The maximum absolute atomic E-state index is 5.83. The van der Waals surface area contributed by atoms with Gasteiger partial charge in [0.2, 0.25) is 0 Å². The van der Waals surface area contributed by atoms with Gasteiger partial charge in [-0.3, -0.25) is 0 Å². The lowest BCUT2D eigenvalue weighted by Gasteiger charge is -2.16. The van der Waals surface area contributed by atoms with Crippen LogP contribution < -0.4 is 0 Å². The summed E-state index contributed by atoms with van der Waals surface area (Å²) in [6.07, 6.45) is 0.278. The van der Waals surface area contributed by atoms with Crippen molar-refractivity contribution in [3.05, 3.63) is 40.9 Å². The minimum Gasteiger partial charge on any atom is -0.374 e. The van der Waals surface area contributed by atoms with Gasteiger partial charge in [-0.25, -0.2) is 4.98 Å². The number of alkyl halides is 1. The Labute approximate surface area is 129 Å². The lowest BCUT2D eigenvalue weighted by molar-refractivity contribution is 0.0235. The van der Waals surface area contributed by atoms with Crippen LogP contribution in [-0.2, 0) is 17.2 Å². The van der Waals surface area contributed by atoms with Crippen molar-refractivity contribution in [2.75, 3.05) is 0 Å². The fraction of sp³-hybridized carbons (Fsp3) is 0.438. The molecule has 0 fully saturated rings. The second kappa shape index (κ2) is 7.21. The van der Waals surface area contributed by atoms with E-state index in [1.54, 1.807) is 11.3 Å². The highest BCUT2D eigenvalue weighted by Crippen LogP contribution is 2.25. The molecule has 0 N–H and O–H groups in total. The number of aromatic nitrogens is 1. The number of hydrogen-bond donors (Lipinski definition) is 0. The Hall–Kier alpha value is -0.900. The summed E-state index contributed by atoms with van der Waals surface area (Å²) in [6, 6.07) is 8.39. The van der Waals surface area contributed by atoms with Crippen molar-refractivity contribution in [3.63, 3.8) is 0 Å². The molecule has 0 amide bonds. The van der Waals surface area contributed by atoms with Gasteiger partial charge in [0.15, 0.2) is 0 Å². The van der Waals surface area contributed by atoms with Crippen molar-refractivity contribution in [1.82, 2.24) is 4.98 Å². The Kier molecular flexibility index (Phi) is 5.58. The summed E-state index contributed by atoms with van der Waals surface area (Å²) in [6.45, 7) is 7.11. The molecule has 108 valence electrons. The summed E-state index contributed by atoms with van der Waals surface area (Å²) in [7, 11) is 0. The fourth-order valence-corrected chi connectivity index (χ4v) is 2.72. The molecular formula is C16H20ClNOS. The fourth-order valence-electron chi connectivity index (χ4n) is 1.66. The molecule has 0 radical (unpaired) electrons. The van der Waals surface area contributed by atoms with E-state index in [1.807, 2.05) is 5.38 Å². The zero-order valence-corrected chi connectivity index (χ0v) is 13.7. The predicted octanol–water partition coefficient (Wildman–Crippen LogP) is 5.11. The summed E-state index contributed by atoms with van der Waals surface area (Å²) < 4.78 is 5.83. The van der Waals surface area contributed by atoms with Gasteiger partial charge in [-0.05, 0) is 18.4 Å². The van der Waals surface area contributed by atoms with Crippen LogP contribution in [0.25, 0.3) is 10.6 Å². The van der Waals surface area contributed by atoms with E-state index in [-0.39, 0.29) is 6.10 Å². The summed E-state index contributed by atoms with van der Waals surface area (Å²) in [5.74, 6) is 1.01. The summed E-state index contributed by atoms with van der Waals surface area (Å²) in [5.41, 5.74) is 3.26. The highest BCUT2D eigenvalue weighted by molar-refractivity contribution is 7.13. The molecule has 1 unspecified atom stereocenters. The minimum atomic E-state index is 0.278. The lowest BCUT2D eigenvalue weighted by atomic mass is 10.1. The second-order valence-corrected chi connectivity index (χ2v) is 6.36. The van der Waals surface area contributed by atoms with E-state index in [0.29, 0.717) is 18.4 Å². The van der Waals surface area contributed by atoms with Crippen molar-refractivity contribution in [1.29, 1.82) is 0 Å². The standard InChI is InChI=1S/C16H20ClNOS/c1-11(2)12(3)19-9-13-4-6-14(7-5-13)16-18-15(8-17)10-20-16/h4-7,10-12H,8-9H2,1-3H3. The molecular weight excluding hydrogens is 290 g/mol. The smallest absolute Gasteiger partial charge is 0.123 e. The molecule has 0 saturated carbocycles. The third-order valence-corrected chi connectivity index (χ3v) is 4.56. The topological polar surface area (TPSA) is 22.1 Å². The lowest BCUT2D eigenvalue weighted by Crippen LogP contribution is -2.14. The Morgan fingerprint density at radius 1 is 1.20 bits per heavy atom. The van der Waals surface area contributed by atoms with Gasteiger partial charge in [-0.1, -0.05) is 38.1 Å². The van der Waals surface area contributed by atoms with E-state index in [0.717, 1.165) is 16.3 Å². The number of halogens is 1. The van der Waals surface area contributed by atoms with Crippen LogP contribution >= 0.6 is 22.9 Å². The average Bonchev–Trinajstić information content (AvgIpc) is 2.94. The third-order valence-electron chi connectivity index (χ3n) is 3.34. The molecule has 20 heavy (non-hydrogen) atoms. The van der Waals surface area contributed by atoms with Crippen LogP contribution in [0.3, 0.4) is 0 Å². The van der Waals surface area contributed by atoms with E-state index < -0.39 is 0 Å². The van der Waals surface area contributed by atoms with E-state index in [1.165, 1.54) is 5.56 Å². The Bertz CT molecular complexity index is 536. The number of hydrogen-bond acceptors (Lipinski definition) is 3. The molecule has 1 atom stereocenters. The van der Waals surface area contributed by atoms with Gasteiger partial charge in [-0.15, -0.1) is 22.9 Å². The quantitative estimate of drug-likeness (QED) is 0.692. The van der Waals surface area contributed by atoms with Gasteiger partial charge < -0.3 is 4.74 Å². The maximum Gasteiger partial charge on any atom is 0.123 e. The average molecular weight is 310 g/mol. The highest BCUT2D eigenvalue weighted by atomic mass is 35.5. The number of rotatable bonds is 6. The van der Waals surface area contributed by atoms with Crippen LogP contribution in [-0.4, -0.2) is 11.1 Å². The molecule has 1 aromatic carbocycles. The third kappa shape index (κ3) is 4.05. The van der Waals surface area contributed by atoms with Crippen molar-refractivity contribution in [2.24, 2.45) is 5.92 Å². The number of ether oxygens (including phenoxy) is 1. The van der Waals surface area contributed by atoms with Gasteiger partial charge in [-0.2, -0.15) is 0 Å². The molecule has 2 aromatic rings. The molecule has 2 nitrogen and oxygen atoms in total. The van der Waals surface area contributed by atoms with Gasteiger partial charge in [0.25, 0.3) is 0 Å². The van der Waals surface area contributed by atoms with Crippen LogP contribution in [0.1, 0.15) is 32.0 Å². The summed E-state index contributed by atoms with van der Waals surface area (Å²) in [4.78, 5) is 4.48. The van der Waals surface area contributed by atoms with Crippen LogP contribution in [0, 0.1) is 5.92 Å². The first-order valence-corrected chi connectivity index (χ1v) is 8.23. The van der Waals surface area contributed by atoms with Crippen LogP contribution in [0.2, 0.25) is 0 Å². The first-order valence-electron chi connectivity index (χ1n) is 6.81. The van der Waals surface area contributed by atoms with E-state index >= 15 is 0 Å².